The predicted molar refractivity (Wildman–Crippen MR) is 90.9 cm³/mol. The summed E-state index contributed by atoms with van der Waals surface area (Å²) >= 11 is 3.39. The van der Waals surface area contributed by atoms with E-state index in [4.69, 9.17) is 4.74 Å². The Kier molecular flexibility index (Phi) is 8.77. The van der Waals surface area contributed by atoms with E-state index in [1.165, 1.54) is 0 Å². The second-order valence-electron chi connectivity index (χ2n) is 4.99. The Morgan fingerprint density at radius 1 is 1.18 bits per heavy atom. The Balaban J connectivity index is 2.24. The summed E-state index contributed by atoms with van der Waals surface area (Å²) in [7, 11) is 0. The number of rotatable bonds is 8. The van der Waals surface area contributed by atoms with Crippen LogP contribution in [-0.4, -0.2) is 31.6 Å². The monoisotopic (exact) mass is 370 g/mol. The number of ether oxygens (including phenoxy) is 1. The minimum atomic E-state index is -0.659. The highest BCUT2D eigenvalue weighted by Gasteiger charge is 2.13. The fourth-order valence-electron chi connectivity index (χ4n) is 1.72. The Morgan fingerprint density at radius 3 is 2.59 bits per heavy atom. The average Bonchev–Trinajstić information content (AvgIpc) is 2.49. The first kappa shape index (κ1) is 18.6. The summed E-state index contributed by atoms with van der Waals surface area (Å²) in [6.07, 6.45) is 2.84. The number of halogens is 1. The Bertz CT molecular complexity index is 506. The first-order chi connectivity index (χ1) is 10.5. The quantitative estimate of drug-likeness (QED) is 0.545. The van der Waals surface area contributed by atoms with E-state index in [1.807, 2.05) is 13.0 Å². The number of anilines is 1. The third-order valence-corrected chi connectivity index (χ3v) is 3.91. The van der Waals surface area contributed by atoms with Gasteiger partial charge in [-0.3, -0.25) is 9.59 Å². The van der Waals surface area contributed by atoms with E-state index < -0.39 is 11.8 Å². The van der Waals surface area contributed by atoms with Gasteiger partial charge in [-0.25, -0.2) is 0 Å². The van der Waals surface area contributed by atoms with Crippen LogP contribution in [-0.2, 0) is 14.3 Å². The van der Waals surface area contributed by atoms with E-state index in [-0.39, 0.29) is 0 Å². The number of hydrogen-bond donors (Lipinski definition) is 2. The fourth-order valence-corrected chi connectivity index (χ4v) is 1.96. The SMILES string of the molecule is CCCCOCCCNC(=O)C(=O)Nc1ccc(Br)c(C)c1. The van der Waals surface area contributed by atoms with Crippen molar-refractivity contribution in [2.45, 2.75) is 33.1 Å². The lowest BCUT2D eigenvalue weighted by atomic mass is 10.2. The molecule has 1 rings (SSSR count). The summed E-state index contributed by atoms with van der Waals surface area (Å²) in [5.74, 6) is -1.29. The van der Waals surface area contributed by atoms with Crippen LogP contribution in [0.25, 0.3) is 0 Å². The maximum atomic E-state index is 11.7. The highest BCUT2D eigenvalue weighted by molar-refractivity contribution is 9.10. The van der Waals surface area contributed by atoms with Crippen molar-refractivity contribution in [1.29, 1.82) is 0 Å². The van der Waals surface area contributed by atoms with Gasteiger partial charge in [0.15, 0.2) is 0 Å². The second-order valence-corrected chi connectivity index (χ2v) is 5.85. The molecule has 0 bridgehead atoms. The lowest BCUT2D eigenvalue weighted by molar-refractivity contribution is -0.136. The van der Waals surface area contributed by atoms with Gasteiger partial charge in [0, 0.05) is 29.9 Å². The molecule has 0 aliphatic rings. The van der Waals surface area contributed by atoms with Crippen molar-refractivity contribution in [3.8, 4) is 0 Å². The van der Waals surface area contributed by atoms with Gasteiger partial charge in [0.2, 0.25) is 0 Å². The van der Waals surface area contributed by atoms with Crippen LogP contribution in [0.15, 0.2) is 22.7 Å². The van der Waals surface area contributed by atoms with E-state index in [0.717, 1.165) is 29.5 Å². The van der Waals surface area contributed by atoms with Crippen molar-refractivity contribution in [3.05, 3.63) is 28.2 Å². The van der Waals surface area contributed by atoms with Crippen LogP contribution in [0.3, 0.4) is 0 Å². The first-order valence-corrected chi connectivity index (χ1v) is 8.27. The maximum absolute atomic E-state index is 11.7. The molecule has 0 radical (unpaired) electrons. The molecule has 122 valence electrons. The molecule has 0 aliphatic heterocycles. The van der Waals surface area contributed by atoms with Gasteiger partial charge < -0.3 is 15.4 Å². The second kappa shape index (κ2) is 10.3. The number of unbranched alkanes of at least 4 members (excludes halogenated alkanes) is 1. The third-order valence-electron chi connectivity index (χ3n) is 3.02. The first-order valence-electron chi connectivity index (χ1n) is 7.47. The minimum Gasteiger partial charge on any atom is -0.381 e. The number of nitrogens with one attached hydrogen (secondary N) is 2. The third kappa shape index (κ3) is 7.04. The lowest BCUT2D eigenvalue weighted by Gasteiger charge is -2.08. The van der Waals surface area contributed by atoms with Crippen LogP contribution in [0.4, 0.5) is 5.69 Å². The Morgan fingerprint density at radius 2 is 1.91 bits per heavy atom. The Labute approximate surface area is 139 Å². The normalized spacial score (nSPS) is 10.3. The molecular weight excluding hydrogens is 348 g/mol. The summed E-state index contributed by atoms with van der Waals surface area (Å²) in [6.45, 7) is 5.78. The summed E-state index contributed by atoms with van der Waals surface area (Å²) in [5, 5.41) is 5.15. The number of carbonyl (C=O) groups excluding carboxylic acids is 2. The zero-order chi connectivity index (χ0) is 16.4. The van der Waals surface area contributed by atoms with E-state index in [2.05, 4.69) is 33.5 Å². The van der Waals surface area contributed by atoms with E-state index in [9.17, 15) is 9.59 Å². The predicted octanol–water partition coefficient (Wildman–Crippen LogP) is 3.02. The molecule has 5 nitrogen and oxygen atoms in total. The molecule has 2 N–H and O–H groups in total. The highest BCUT2D eigenvalue weighted by Crippen LogP contribution is 2.19. The molecule has 0 aliphatic carbocycles. The minimum absolute atomic E-state index is 0.428. The maximum Gasteiger partial charge on any atom is 0.313 e. The van der Waals surface area contributed by atoms with Crippen LogP contribution >= 0.6 is 15.9 Å². The summed E-state index contributed by atoms with van der Waals surface area (Å²) in [4.78, 5) is 23.4. The molecule has 1 aromatic rings. The molecule has 0 spiro atoms. The average molecular weight is 371 g/mol. The molecule has 1 aromatic carbocycles. The molecule has 0 atom stereocenters. The van der Waals surface area contributed by atoms with Gasteiger partial charge in [-0.2, -0.15) is 0 Å². The van der Waals surface area contributed by atoms with E-state index >= 15 is 0 Å². The summed E-state index contributed by atoms with van der Waals surface area (Å²) in [5.41, 5.74) is 1.59. The van der Waals surface area contributed by atoms with Crippen LogP contribution in [0.1, 0.15) is 31.7 Å². The molecule has 0 aromatic heterocycles. The van der Waals surface area contributed by atoms with E-state index in [1.54, 1.807) is 12.1 Å². The fraction of sp³-hybridized carbons (Fsp3) is 0.500. The van der Waals surface area contributed by atoms with Gasteiger partial charge >= 0.3 is 11.8 Å². The van der Waals surface area contributed by atoms with Crippen LogP contribution in [0.5, 0.6) is 0 Å². The molecule has 0 heterocycles. The molecule has 0 unspecified atom stereocenters. The van der Waals surface area contributed by atoms with Gasteiger partial charge in [0.05, 0.1) is 0 Å². The summed E-state index contributed by atoms with van der Waals surface area (Å²) in [6, 6.07) is 5.37. The van der Waals surface area contributed by atoms with Gasteiger partial charge in [-0.15, -0.1) is 0 Å². The van der Waals surface area contributed by atoms with Crippen molar-refractivity contribution >= 4 is 33.4 Å². The largest absolute Gasteiger partial charge is 0.381 e. The smallest absolute Gasteiger partial charge is 0.313 e. The molecule has 22 heavy (non-hydrogen) atoms. The molecule has 6 heteroatoms. The number of aryl methyl sites for hydroxylation is 1. The Hall–Kier alpha value is -1.40. The molecule has 0 saturated heterocycles. The zero-order valence-corrected chi connectivity index (χ0v) is 14.7. The molecule has 0 fully saturated rings. The lowest BCUT2D eigenvalue weighted by Crippen LogP contribution is -2.36. The molecular formula is C16H23BrN2O3. The number of benzene rings is 1. The van der Waals surface area contributed by atoms with Crippen molar-refractivity contribution in [2.24, 2.45) is 0 Å². The number of carbonyl (C=O) groups is 2. The molecule has 0 saturated carbocycles. The van der Waals surface area contributed by atoms with Crippen LogP contribution < -0.4 is 10.6 Å². The van der Waals surface area contributed by atoms with Crippen molar-refractivity contribution in [3.63, 3.8) is 0 Å². The zero-order valence-electron chi connectivity index (χ0n) is 13.1. The molecule has 2 amide bonds. The number of hydrogen-bond acceptors (Lipinski definition) is 3. The highest BCUT2D eigenvalue weighted by atomic mass is 79.9. The van der Waals surface area contributed by atoms with Crippen molar-refractivity contribution < 1.29 is 14.3 Å². The van der Waals surface area contributed by atoms with Gasteiger partial charge in [-0.05, 0) is 43.5 Å². The van der Waals surface area contributed by atoms with Gasteiger partial charge in [0.1, 0.15) is 0 Å². The van der Waals surface area contributed by atoms with Crippen LogP contribution in [0, 0.1) is 6.92 Å². The van der Waals surface area contributed by atoms with Gasteiger partial charge in [-0.1, -0.05) is 29.3 Å². The topological polar surface area (TPSA) is 67.4 Å². The van der Waals surface area contributed by atoms with Gasteiger partial charge in [0.25, 0.3) is 0 Å². The van der Waals surface area contributed by atoms with Crippen molar-refractivity contribution in [1.82, 2.24) is 5.32 Å². The van der Waals surface area contributed by atoms with Crippen molar-refractivity contribution in [2.75, 3.05) is 25.1 Å². The standard InChI is InChI=1S/C16H23BrN2O3/c1-3-4-9-22-10-5-8-18-15(20)16(21)19-13-6-7-14(17)12(2)11-13/h6-7,11H,3-5,8-10H2,1-2H3,(H,18,20)(H,19,21). The summed E-state index contributed by atoms with van der Waals surface area (Å²) < 4.78 is 6.34. The van der Waals surface area contributed by atoms with Crippen LogP contribution in [0.2, 0.25) is 0 Å². The number of amides is 2. The van der Waals surface area contributed by atoms with E-state index in [0.29, 0.717) is 25.3 Å².